The highest BCUT2D eigenvalue weighted by Crippen LogP contribution is 2.45. The minimum Gasteiger partial charge on any atom is -0.489 e. The highest BCUT2D eigenvalue weighted by molar-refractivity contribution is 6.32. The topological polar surface area (TPSA) is 18.5 Å². The summed E-state index contributed by atoms with van der Waals surface area (Å²) in [6, 6.07) is 3.99. The first-order chi connectivity index (χ1) is 8.25. The molecule has 1 unspecified atom stereocenters. The summed E-state index contributed by atoms with van der Waals surface area (Å²) in [6.45, 7) is 3.75. The van der Waals surface area contributed by atoms with E-state index in [-0.39, 0.29) is 0 Å². The summed E-state index contributed by atoms with van der Waals surface area (Å²) in [5, 5.41) is 0.665. The van der Waals surface area contributed by atoms with Gasteiger partial charge in [-0.25, -0.2) is 0 Å². The minimum atomic E-state index is 0.527. The summed E-state index contributed by atoms with van der Waals surface area (Å²) in [7, 11) is 0. The van der Waals surface area contributed by atoms with Crippen molar-refractivity contribution in [3.8, 4) is 11.5 Å². The van der Waals surface area contributed by atoms with Gasteiger partial charge in [0.1, 0.15) is 0 Å². The molecule has 0 bridgehead atoms. The van der Waals surface area contributed by atoms with Gasteiger partial charge in [0.2, 0.25) is 0 Å². The third kappa shape index (κ3) is 2.23. The normalized spacial score (nSPS) is 22.8. The maximum atomic E-state index is 6.21. The third-order valence-corrected chi connectivity index (χ3v) is 3.88. The zero-order valence-corrected chi connectivity index (χ0v) is 10.8. The van der Waals surface area contributed by atoms with Crippen molar-refractivity contribution in [2.24, 2.45) is 5.92 Å². The SMILES string of the molecule is CC1CCOc2c1ccc(Cl)c2OCC1CC1. The zero-order chi connectivity index (χ0) is 11.8. The molecule has 3 rings (SSSR count). The van der Waals surface area contributed by atoms with Crippen LogP contribution in [-0.2, 0) is 0 Å². The fourth-order valence-electron chi connectivity index (χ4n) is 2.20. The Balaban J connectivity index is 1.90. The van der Waals surface area contributed by atoms with Crippen molar-refractivity contribution in [1.82, 2.24) is 0 Å². The van der Waals surface area contributed by atoms with Crippen LogP contribution in [0.3, 0.4) is 0 Å². The van der Waals surface area contributed by atoms with Gasteiger partial charge < -0.3 is 9.47 Å². The number of halogens is 1. The summed E-state index contributed by atoms with van der Waals surface area (Å²) in [6.07, 6.45) is 3.63. The summed E-state index contributed by atoms with van der Waals surface area (Å²) in [5.74, 6) is 2.88. The van der Waals surface area contributed by atoms with Crippen LogP contribution < -0.4 is 9.47 Å². The van der Waals surface area contributed by atoms with Gasteiger partial charge >= 0.3 is 0 Å². The van der Waals surface area contributed by atoms with Crippen LogP contribution in [0, 0.1) is 5.92 Å². The Hall–Kier alpha value is -0.890. The van der Waals surface area contributed by atoms with Crippen LogP contribution in [0.5, 0.6) is 11.5 Å². The molecule has 1 fully saturated rings. The maximum absolute atomic E-state index is 6.21. The zero-order valence-electron chi connectivity index (χ0n) is 10.0. The quantitative estimate of drug-likeness (QED) is 0.809. The number of hydrogen-bond acceptors (Lipinski definition) is 2. The highest BCUT2D eigenvalue weighted by Gasteiger charge is 2.26. The van der Waals surface area contributed by atoms with E-state index in [1.807, 2.05) is 6.07 Å². The molecule has 17 heavy (non-hydrogen) atoms. The van der Waals surface area contributed by atoms with Crippen LogP contribution >= 0.6 is 11.6 Å². The van der Waals surface area contributed by atoms with Gasteiger partial charge in [-0.05, 0) is 37.2 Å². The maximum Gasteiger partial charge on any atom is 0.180 e. The van der Waals surface area contributed by atoms with Crippen LogP contribution in [0.2, 0.25) is 5.02 Å². The van der Waals surface area contributed by atoms with Crippen molar-refractivity contribution in [3.63, 3.8) is 0 Å². The molecule has 0 N–H and O–H groups in total. The van der Waals surface area contributed by atoms with Gasteiger partial charge in [0, 0.05) is 5.56 Å². The lowest BCUT2D eigenvalue weighted by Gasteiger charge is -2.25. The molecule has 0 aromatic heterocycles. The summed E-state index contributed by atoms with van der Waals surface area (Å²) >= 11 is 6.21. The van der Waals surface area contributed by atoms with E-state index in [2.05, 4.69) is 13.0 Å². The number of rotatable bonds is 3. The molecule has 2 nitrogen and oxygen atoms in total. The monoisotopic (exact) mass is 252 g/mol. The lowest BCUT2D eigenvalue weighted by molar-refractivity contribution is 0.236. The molecule has 0 radical (unpaired) electrons. The van der Waals surface area contributed by atoms with E-state index in [1.165, 1.54) is 18.4 Å². The molecule has 1 saturated carbocycles. The van der Waals surface area contributed by atoms with Crippen molar-refractivity contribution >= 4 is 11.6 Å². The Kier molecular flexibility index (Phi) is 2.91. The Morgan fingerprint density at radius 3 is 2.94 bits per heavy atom. The van der Waals surface area contributed by atoms with E-state index in [0.29, 0.717) is 10.9 Å². The Bertz CT molecular complexity index is 426. The van der Waals surface area contributed by atoms with Gasteiger partial charge in [0.25, 0.3) is 0 Å². The summed E-state index contributed by atoms with van der Waals surface area (Å²) < 4.78 is 11.6. The van der Waals surface area contributed by atoms with Crippen LogP contribution in [0.1, 0.15) is 37.7 Å². The molecule has 2 aliphatic rings. The van der Waals surface area contributed by atoms with E-state index < -0.39 is 0 Å². The predicted octanol–water partition coefficient (Wildman–Crippen LogP) is 4.01. The molecule has 0 amide bonds. The first-order valence-corrected chi connectivity index (χ1v) is 6.71. The van der Waals surface area contributed by atoms with Crippen molar-refractivity contribution in [2.45, 2.75) is 32.1 Å². The molecule has 0 saturated heterocycles. The van der Waals surface area contributed by atoms with E-state index in [4.69, 9.17) is 21.1 Å². The third-order valence-electron chi connectivity index (χ3n) is 3.58. The molecule has 0 spiro atoms. The molecular formula is C14H17ClO2. The molecule has 1 aromatic rings. The van der Waals surface area contributed by atoms with Gasteiger partial charge in [0.05, 0.1) is 18.2 Å². The van der Waals surface area contributed by atoms with Crippen molar-refractivity contribution in [3.05, 3.63) is 22.7 Å². The van der Waals surface area contributed by atoms with Gasteiger partial charge in [-0.2, -0.15) is 0 Å². The number of ether oxygens (including phenoxy) is 2. The van der Waals surface area contributed by atoms with Crippen LogP contribution in [0.15, 0.2) is 12.1 Å². The number of benzene rings is 1. The van der Waals surface area contributed by atoms with E-state index in [1.54, 1.807) is 0 Å². The van der Waals surface area contributed by atoms with E-state index in [9.17, 15) is 0 Å². The molecule has 92 valence electrons. The summed E-state index contributed by atoms with van der Waals surface area (Å²) in [5.41, 5.74) is 1.23. The highest BCUT2D eigenvalue weighted by atomic mass is 35.5. The molecule has 1 aliphatic carbocycles. The standard InChI is InChI=1S/C14H17ClO2/c1-9-6-7-16-13-11(9)4-5-12(15)14(13)17-8-10-2-3-10/h4-5,9-10H,2-3,6-8H2,1H3. The van der Waals surface area contributed by atoms with E-state index in [0.717, 1.165) is 37.1 Å². The Morgan fingerprint density at radius 2 is 2.18 bits per heavy atom. The largest absolute Gasteiger partial charge is 0.489 e. The Labute approximate surface area is 107 Å². The predicted molar refractivity (Wildman–Crippen MR) is 68.2 cm³/mol. The smallest absolute Gasteiger partial charge is 0.180 e. The van der Waals surface area contributed by atoms with Crippen LogP contribution in [-0.4, -0.2) is 13.2 Å². The second-order valence-electron chi connectivity index (χ2n) is 5.09. The summed E-state index contributed by atoms with van der Waals surface area (Å²) in [4.78, 5) is 0. The molecular weight excluding hydrogens is 236 g/mol. The second kappa shape index (κ2) is 4.41. The first-order valence-electron chi connectivity index (χ1n) is 6.33. The number of hydrogen-bond donors (Lipinski definition) is 0. The first kappa shape index (κ1) is 11.2. The lowest BCUT2D eigenvalue weighted by atomic mass is 9.95. The van der Waals surface area contributed by atoms with Crippen molar-refractivity contribution in [1.29, 1.82) is 0 Å². The average Bonchev–Trinajstić information content (AvgIpc) is 3.12. The average molecular weight is 253 g/mol. The van der Waals surface area contributed by atoms with Gasteiger partial charge in [-0.3, -0.25) is 0 Å². The fraction of sp³-hybridized carbons (Fsp3) is 0.571. The van der Waals surface area contributed by atoms with Gasteiger partial charge in [-0.1, -0.05) is 24.6 Å². The molecule has 1 aromatic carbocycles. The molecule has 1 aliphatic heterocycles. The van der Waals surface area contributed by atoms with Crippen molar-refractivity contribution < 1.29 is 9.47 Å². The minimum absolute atomic E-state index is 0.527. The second-order valence-corrected chi connectivity index (χ2v) is 5.49. The molecule has 1 atom stereocenters. The fourth-order valence-corrected chi connectivity index (χ4v) is 2.41. The van der Waals surface area contributed by atoms with Crippen molar-refractivity contribution in [2.75, 3.05) is 13.2 Å². The molecule has 3 heteroatoms. The molecule has 1 heterocycles. The van der Waals surface area contributed by atoms with Crippen LogP contribution in [0.4, 0.5) is 0 Å². The van der Waals surface area contributed by atoms with E-state index >= 15 is 0 Å². The van der Waals surface area contributed by atoms with Gasteiger partial charge in [-0.15, -0.1) is 0 Å². The lowest BCUT2D eigenvalue weighted by Crippen LogP contribution is -2.14. The number of fused-ring (bicyclic) bond motifs is 1. The van der Waals surface area contributed by atoms with Gasteiger partial charge in [0.15, 0.2) is 11.5 Å². The van der Waals surface area contributed by atoms with Crippen LogP contribution in [0.25, 0.3) is 0 Å². The Morgan fingerprint density at radius 1 is 1.35 bits per heavy atom.